The van der Waals surface area contributed by atoms with Crippen LogP contribution in [0.25, 0.3) is 22.3 Å². The molecular weight excluding hydrogens is 541 g/mol. The van der Waals surface area contributed by atoms with Crippen molar-refractivity contribution in [2.75, 3.05) is 24.1 Å². The Hall–Kier alpha value is -5.52. The second-order valence-corrected chi connectivity index (χ2v) is 10.0. The number of carbonyl (C=O) groups excluding carboxylic acids is 1. The van der Waals surface area contributed by atoms with E-state index in [1.807, 2.05) is 18.2 Å². The van der Waals surface area contributed by atoms with E-state index in [2.05, 4.69) is 15.4 Å². The molecule has 1 aliphatic heterocycles. The van der Waals surface area contributed by atoms with Gasteiger partial charge >= 0.3 is 6.09 Å². The molecule has 4 N–H and O–H groups in total. The van der Waals surface area contributed by atoms with Crippen LogP contribution in [0.1, 0.15) is 34.8 Å². The SMILES string of the molecule is Nc1ncnn2c(C3CCN(C(=O)O)CC3)cc(-c3ccc(NC(=O)c4cccn(-c5ccc(F)cc5)c4=O)cc3)c12. The smallest absolute Gasteiger partial charge is 0.407 e. The minimum Gasteiger partial charge on any atom is -0.465 e. The van der Waals surface area contributed by atoms with Gasteiger partial charge in [-0.25, -0.2) is 18.7 Å². The lowest BCUT2D eigenvalue weighted by atomic mass is 9.93. The number of likely N-dealkylation sites (tertiary alicyclic amines) is 1. The van der Waals surface area contributed by atoms with E-state index >= 15 is 0 Å². The van der Waals surface area contributed by atoms with Crippen LogP contribution >= 0.6 is 0 Å². The standard InChI is InChI=1S/C30H26FN7O4/c31-20-5-9-22(10-6-20)37-13-1-2-23(29(37)40)28(39)35-21-7-3-18(4-8-21)24-16-25(38-26(24)27(32)33-17-34-38)19-11-14-36(15-12-19)30(41)42/h1-10,13,16-17,19H,11-12,14-15H2,(H,35,39)(H,41,42)(H2,32,33,34). The van der Waals surface area contributed by atoms with Gasteiger partial charge in [0.2, 0.25) is 0 Å². The van der Waals surface area contributed by atoms with E-state index in [0.29, 0.717) is 48.6 Å². The molecule has 0 atom stereocenters. The Morgan fingerprint density at radius 1 is 1.02 bits per heavy atom. The summed E-state index contributed by atoms with van der Waals surface area (Å²) in [6.07, 6.45) is 3.32. The normalized spacial score (nSPS) is 13.8. The average Bonchev–Trinajstić information content (AvgIpc) is 3.39. The van der Waals surface area contributed by atoms with Gasteiger partial charge in [0, 0.05) is 47.8 Å². The molecule has 3 aromatic heterocycles. The van der Waals surface area contributed by atoms with Crippen molar-refractivity contribution in [3.8, 4) is 16.8 Å². The lowest BCUT2D eigenvalue weighted by Crippen LogP contribution is -2.37. The number of piperidine rings is 1. The predicted molar refractivity (Wildman–Crippen MR) is 154 cm³/mol. The lowest BCUT2D eigenvalue weighted by molar-refractivity contribution is 0.102. The molecule has 5 aromatic rings. The maximum Gasteiger partial charge on any atom is 0.407 e. The van der Waals surface area contributed by atoms with Gasteiger partial charge in [-0.05, 0) is 73.0 Å². The van der Waals surface area contributed by atoms with Gasteiger partial charge in [0.05, 0.1) is 0 Å². The van der Waals surface area contributed by atoms with Crippen LogP contribution in [-0.4, -0.2) is 54.3 Å². The maximum absolute atomic E-state index is 13.3. The van der Waals surface area contributed by atoms with Crippen molar-refractivity contribution in [2.45, 2.75) is 18.8 Å². The Balaban J connectivity index is 1.25. The number of amides is 2. The van der Waals surface area contributed by atoms with E-state index in [0.717, 1.165) is 16.8 Å². The van der Waals surface area contributed by atoms with Crippen LogP contribution in [0.15, 0.2) is 84.0 Å². The quantitative estimate of drug-likeness (QED) is 0.286. The van der Waals surface area contributed by atoms with Crippen molar-refractivity contribution in [3.63, 3.8) is 0 Å². The van der Waals surface area contributed by atoms with Gasteiger partial charge in [0.1, 0.15) is 23.2 Å². The fourth-order valence-electron chi connectivity index (χ4n) is 5.37. The van der Waals surface area contributed by atoms with Crippen LogP contribution < -0.4 is 16.6 Å². The Kier molecular flexibility index (Phi) is 6.87. The third-order valence-electron chi connectivity index (χ3n) is 7.54. The highest BCUT2D eigenvalue weighted by Crippen LogP contribution is 2.37. The maximum atomic E-state index is 13.3. The molecule has 0 saturated carbocycles. The number of aromatic nitrogens is 4. The first-order valence-electron chi connectivity index (χ1n) is 13.3. The van der Waals surface area contributed by atoms with E-state index in [4.69, 9.17) is 5.73 Å². The fourth-order valence-corrected chi connectivity index (χ4v) is 5.37. The van der Waals surface area contributed by atoms with Gasteiger partial charge in [-0.15, -0.1) is 0 Å². The molecule has 0 unspecified atom stereocenters. The number of hydrogen-bond acceptors (Lipinski definition) is 6. The van der Waals surface area contributed by atoms with Crippen molar-refractivity contribution >= 4 is 29.0 Å². The van der Waals surface area contributed by atoms with Crippen LogP contribution in [0.3, 0.4) is 0 Å². The highest BCUT2D eigenvalue weighted by atomic mass is 19.1. The first kappa shape index (κ1) is 26.7. The van der Waals surface area contributed by atoms with Crippen molar-refractivity contribution in [1.82, 2.24) is 24.1 Å². The zero-order valence-corrected chi connectivity index (χ0v) is 22.3. The van der Waals surface area contributed by atoms with E-state index in [-0.39, 0.29) is 11.5 Å². The number of nitrogens with two attached hydrogens (primary N) is 1. The van der Waals surface area contributed by atoms with Crippen molar-refractivity contribution in [2.24, 2.45) is 0 Å². The van der Waals surface area contributed by atoms with Gasteiger partial charge in [0.15, 0.2) is 5.82 Å². The number of benzene rings is 2. The van der Waals surface area contributed by atoms with E-state index in [1.54, 1.807) is 22.7 Å². The number of carboxylic acid groups (broad SMARTS) is 1. The van der Waals surface area contributed by atoms with Gasteiger partial charge in [-0.3, -0.25) is 14.2 Å². The van der Waals surface area contributed by atoms with Crippen LogP contribution in [0.5, 0.6) is 0 Å². The highest BCUT2D eigenvalue weighted by molar-refractivity contribution is 6.04. The molecule has 0 aliphatic carbocycles. The Labute approximate surface area is 238 Å². The lowest BCUT2D eigenvalue weighted by Gasteiger charge is -2.29. The molecule has 0 spiro atoms. The van der Waals surface area contributed by atoms with Crippen LogP contribution in [0.4, 0.5) is 20.7 Å². The number of nitrogen functional groups attached to an aromatic ring is 1. The minimum absolute atomic E-state index is 0.0622. The number of nitrogens with zero attached hydrogens (tertiary/aromatic N) is 5. The van der Waals surface area contributed by atoms with Crippen LogP contribution in [-0.2, 0) is 0 Å². The summed E-state index contributed by atoms with van der Waals surface area (Å²) in [6, 6.07) is 17.6. The van der Waals surface area contributed by atoms with Crippen molar-refractivity contribution in [3.05, 3.63) is 107 Å². The molecule has 42 heavy (non-hydrogen) atoms. The van der Waals surface area contributed by atoms with Crippen molar-refractivity contribution in [1.29, 1.82) is 0 Å². The summed E-state index contributed by atoms with van der Waals surface area (Å²) in [5.74, 6) is -0.594. The first-order chi connectivity index (χ1) is 20.3. The molecule has 11 nitrogen and oxygen atoms in total. The second kappa shape index (κ2) is 10.8. The summed E-state index contributed by atoms with van der Waals surface area (Å²) in [7, 11) is 0. The molecular formula is C30H26FN7O4. The van der Waals surface area contributed by atoms with Crippen LogP contribution in [0, 0.1) is 5.82 Å². The Morgan fingerprint density at radius 3 is 2.43 bits per heavy atom. The Bertz CT molecular complexity index is 1860. The van der Waals surface area contributed by atoms with Gasteiger partial charge in [-0.1, -0.05) is 12.1 Å². The fraction of sp³-hybridized carbons (Fsp3) is 0.167. The van der Waals surface area contributed by atoms with Gasteiger partial charge < -0.3 is 21.1 Å². The first-order valence-corrected chi connectivity index (χ1v) is 13.3. The number of carbonyl (C=O) groups is 2. The van der Waals surface area contributed by atoms with Crippen LogP contribution in [0.2, 0.25) is 0 Å². The molecule has 6 rings (SSSR count). The van der Waals surface area contributed by atoms with Gasteiger partial charge in [-0.2, -0.15) is 5.10 Å². The monoisotopic (exact) mass is 567 g/mol. The third kappa shape index (κ3) is 4.94. The number of fused-ring (bicyclic) bond motifs is 1. The van der Waals surface area contributed by atoms with E-state index < -0.39 is 23.4 Å². The van der Waals surface area contributed by atoms with E-state index in [9.17, 15) is 23.9 Å². The summed E-state index contributed by atoms with van der Waals surface area (Å²) in [4.78, 5) is 43.0. The number of halogens is 1. The third-order valence-corrected chi connectivity index (χ3v) is 7.54. The molecule has 2 aromatic carbocycles. The Morgan fingerprint density at radius 2 is 1.74 bits per heavy atom. The molecule has 0 bridgehead atoms. The summed E-state index contributed by atoms with van der Waals surface area (Å²) >= 11 is 0. The number of anilines is 2. The minimum atomic E-state index is -0.918. The summed E-state index contributed by atoms with van der Waals surface area (Å²) in [5.41, 5.74) is 9.81. The van der Waals surface area contributed by atoms with E-state index in [1.165, 1.54) is 52.3 Å². The molecule has 1 aliphatic rings. The average molecular weight is 568 g/mol. The second-order valence-electron chi connectivity index (χ2n) is 10.0. The number of rotatable bonds is 5. The summed E-state index contributed by atoms with van der Waals surface area (Å²) in [5, 5.41) is 16.5. The molecule has 1 fully saturated rings. The summed E-state index contributed by atoms with van der Waals surface area (Å²) in [6.45, 7) is 0.877. The van der Waals surface area contributed by atoms with Crippen molar-refractivity contribution < 1.29 is 19.1 Å². The topological polar surface area (TPSA) is 148 Å². The molecule has 0 radical (unpaired) electrons. The number of pyridine rings is 1. The number of nitrogens with one attached hydrogen (secondary N) is 1. The molecule has 212 valence electrons. The molecule has 4 heterocycles. The zero-order valence-electron chi connectivity index (χ0n) is 22.3. The highest BCUT2D eigenvalue weighted by Gasteiger charge is 2.27. The number of hydrogen-bond donors (Lipinski definition) is 3. The zero-order chi connectivity index (χ0) is 29.4. The molecule has 2 amide bonds. The summed E-state index contributed by atoms with van der Waals surface area (Å²) < 4.78 is 16.4. The van der Waals surface area contributed by atoms with Gasteiger partial charge in [0.25, 0.3) is 11.5 Å². The molecule has 12 heteroatoms. The predicted octanol–water partition coefficient (Wildman–Crippen LogP) is 4.38. The largest absolute Gasteiger partial charge is 0.465 e. The molecule has 1 saturated heterocycles.